The van der Waals surface area contributed by atoms with Gasteiger partial charge in [-0.15, -0.1) is 0 Å². The van der Waals surface area contributed by atoms with E-state index in [1.54, 1.807) is 0 Å². The molecule has 0 aromatic heterocycles. The van der Waals surface area contributed by atoms with Gasteiger partial charge in [-0.05, 0) is 51.4 Å². The van der Waals surface area contributed by atoms with Crippen molar-refractivity contribution in [2.45, 2.75) is 302 Å². The van der Waals surface area contributed by atoms with Crippen LogP contribution >= 0.6 is 0 Å². The Kier molecular flexibility index (Phi) is 48.1. The summed E-state index contributed by atoms with van der Waals surface area (Å²) in [6.07, 6.45) is 56.2. The number of allylic oxidation sites excluding steroid dienone is 2. The number of nitrogens with one attached hydrogen (secondary N) is 1. The summed E-state index contributed by atoms with van der Waals surface area (Å²) >= 11 is 0. The van der Waals surface area contributed by atoms with Crippen LogP contribution in [0.4, 0.5) is 0 Å². The number of esters is 1. The second-order valence-electron chi connectivity index (χ2n) is 18.2. The van der Waals surface area contributed by atoms with Gasteiger partial charge in [0, 0.05) is 12.8 Å². The minimum absolute atomic E-state index is 0.00823. The Morgan fingerprint density at radius 1 is 0.458 bits per heavy atom. The van der Waals surface area contributed by atoms with Crippen LogP contribution in [0, 0.1) is 0 Å². The first kappa shape index (κ1) is 57.6. The Bertz CT molecular complexity index is 878. The summed E-state index contributed by atoms with van der Waals surface area (Å²) in [5, 5.41) is 23.1. The summed E-state index contributed by atoms with van der Waals surface area (Å²) in [5.41, 5.74) is 0. The lowest BCUT2D eigenvalue weighted by Crippen LogP contribution is -2.45. The van der Waals surface area contributed by atoms with Gasteiger partial charge >= 0.3 is 5.97 Å². The molecule has 0 fully saturated rings. The smallest absolute Gasteiger partial charge is 0.305 e. The standard InChI is InChI=1S/C53H103NO5/c1-3-5-7-9-11-13-15-16-17-18-19-20-23-27-31-35-39-43-47-53(58)59-48-44-40-36-32-28-24-21-22-26-30-34-38-42-46-52(57)54-50(49-55)51(56)45-41-37-33-29-25-14-12-10-8-6-4-2/h22,26,50-51,55-56H,3-21,23-25,27-49H2,1-2H3,(H,54,57)/b26-22-. The van der Waals surface area contributed by atoms with Crippen molar-refractivity contribution in [2.24, 2.45) is 0 Å². The average molecular weight is 834 g/mol. The van der Waals surface area contributed by atoms with E-state index in [2.05, 4.69) is 31.3 Å². The number of amides is 1. The maximum atomic E-state index is 12.4. The monoisotopic (exact) mass is 834 g/mol. The van der Waals surface area contributed by atoms with Crippen LogP contribution in [-0.2, 0) is 14.3 Å². The lowest BCUT2D eigenvalue weighted by molar-refractivity contribution is -0.143. The number of carbonyl (C=O) groups excluding carboxylic acids is 2. The van der Waals surface area contributed by atoms with Crippen molar-refractivity contribution in [3.8, 4) is 0 Å². The van der Waals surface area contributed by atoms with Gasteiger partial charge in [0.1, 0.15) is 0 Å². The van der Waals surface area contributed by atoms with Gasteiger partial charge in [-0.3, -0.25) is 9.59 Å². The van der Waals surface area contributed by atoms with E-state index in [4.69, 9.17) is 4.74 Å². The van der Waals surface area contributed by atoms with E-state index in [1.165, 1.54) is 186 Å². The highest BCUT2D eigenvalue weighted by Gasteiger charge is 2.20. The number of hydrogen-bond donors (Lipinski definition) is 3. The molecule has 350 valence electrons. The molecule has 6 heteroatoms. The summed E-state index contributed by atoms with van der Waals surface area (Å²) in [6, 6.07) is -0.559. The number of aliphatic hydroxyl groups excluding tert-OH is 2. The van der Waals surface area contributed by atoms with Crippen molar-refractivity contribution < 1.29 is 24.5 Å². The Labute approximate surface area is 368 Å². The molecule has 1 amide bonds. The van der Waals surface area contributed by atoms with Gasteiger partial charge in [-0.2, -0.15) is 0 Å². The highest BCUT2D eigenvalue weighted by atomic mass is 16.5. The van der Waals surface area contributed by atoms with E-state index in [9.17, 15) is 19.8 Å². The van der Waals surface area contributed by atoms with Gasteiger partial charge in [0.25, 0.3) is 0 Å². The second kappa shape index (κ2) is 49.3. The van der Waals surface area contributed by atoms with Gasteiger partial charge < -0.3 is 20.3 Å². The predicted molar refractivity (Wildman–Crippen MR) is 255 cm³/mol. The maximum Gasteiger partial charge on any atom is 0.305 e. The van der Waals surface area contributed by atoms with Crippen molar-refractivity contribution in [3.63, 3.8) is 0 Å². The van der Waals surface area contributed by atoms with Gasteiger partial charge in [0.15, 0.2) is 0 Å². The van der Waals surface area contributed by atoms with E-state index in [1.807, 2.05) is 0 Å². The molecule has 0 aliphatic heterocycles. The third-order valence-electron chi connectivity index (χ3n) is 12.3. The predicted octanol–water partition coefficient (Wildman–Crippen LogP) is 15.7. The molecule has 0 saturated heterocycles. The fourth-order valence-corrected chi connectivity index (χ4v) is 8.22. The molecule has 0 aromatic carbocycles. The van der Waals surface area contributed by atoms with Crippen LogP contribution < -0.4 is 5.32 Å². The molecule has 6 nitrogen and oxygen atoms in total. The first-order chi connectivity index (χ1) is 29.0. The highest BCUT2D eigenvalue weighted by molar-refractivity contribution is 5.76. The summed E-state index contributed by atoms with van der Waals surface area (Å²) in [6.45, 7) is 4.91. The number of ether oxygens (including phenoxy) is 1. The molecule has 59 heavy (non-hydrogen) atoms. The topological polar surface area (TPSA) is 95.9 Å². The molecular formula is C53H103NO5. The van der Waals surface area contributed by atoms with E-state index in [-0.39, 0.29) is 18.5 Å². The van der Waals surface area contributed by atoms with E-state index in [0.29, 0.717) is 25.9 Å². The van der Waals surface area contributed by atoms with Crippen LogP contribution in [0.5, 0.6) is 0 Å². The Morgan fingerprint density at radius 3 is 1.22 bits per heavy atom. The van der Waals surface area contributed by atoms with Crippen LogP contribution in [0.15, 0.2) is 12.2 Å². The number of carbonyl (C=O) groups is 2. The minimum Gasteiger partial charge on any atom is -0.466 e. The number of unbranched alkanes of at least 4 members (excludes halogenated alkanes) is 36. The maximum absolute atomic E-state index is 12.4. The van der Waals surface area contributed by atoms with Gasteiger partial charge in [0.2, 0.25) is 5.91 Å². The van der Waals surface area contributed by atoms with Crippen molar-refractivity contribution in [3.05, 3.63) is 12.2 Å². The molecule has 0 rings (SSSR count). The molecule has 0 aromatic rings. The summed E-state index contributed by atoms with van der Waals surface area (Å²) in [7, 11) is 0. The van der Waals surface area contributed by atoms with Gasteiger partial charge in [0.05, 0.1) is 25.4 Å². The minimum atomic E-state index is -0.679. The van der Waals surface area contributed by atoms with Crippen LogP contribution in [0.3, 0.4) is 0 Å². The highest BCUT2D eigenvalue weighted by Crippen LogP contribution is 2.17. The summed E-state index contributed by atoms with van der Waals surface area (Å²) in [4.78, 5) is 24.5. The molecule has 0 aliphatic carbocycles. The quantitative estimate of drug-likeness (QED) is 0.0322. The largest absolute Gasteiger partial charge is 0.466 e. The molecule has 0 aliphatic rings. The van der Waals surface area contributed by atoms with E-state index >= 15 is 0 Å². The lowest BCUT2D eigenvalue weighted by Gasteiger charge is -2.22. The zero-order valence-electron chi connectivity index (χ0n) is 39.7. The number of hydrogen-bond acceptors (Lipinski definition) is 5. The normalized spacial score (nSPS) is 12.7. The molecular weight excluding hydrogens is 731 g/mol. The molecule has 0 saturated carbocycles. The molecule has 2 unspecified atom stereocenters. The number of aliphatic hydroxyl groups is 2. The van der Waals surface area contributed by atoms with E-state index < -0.39 is 12.1 Å². The van der Waals surface area contributed by atoms with Crippen molar-refractivity contribution in [1.29, 1.82) is 0 Å². The Hall–Kier alpha value is -1.40. The van der Waals surface area contributed by atoms with Crippen molar-refractivity contribution >= 4 is 11.9 Å². The van der Waals surface area contributed by atoms with Crippen LogP contribution in [0.1, 0.15) is 290 Å². The van der Waals surface area contributed by atoms with E-state index in [0.717, 1.165) is 70.6 Å². The van der Waals surface area contributed by atoms with Crippen molar-refractivity contribution in [2.75, 3.05) is 13.2 Å². The molecule has 0 spiro atoms. The first-order valence-electron chi connectivity index (χ1n) is 26.4. The van der Waals surface area contributed by atoms with Crippen LogP contribution in [0.2, 0.25) is 0 Å². The Balaban J connectivity index is 3.44. The number of rotatable bonds is 49. The Morgan fingerprint density at radius 2 is 0.797 bits per heavy atom. The molecule has 3 N–H and O–H groups in total. The average Bonchev–Trinajstić information content (AvgIpc) is 3.24. The summed E-state index contributed by atoms with van der Waals surface area (Å²) in [5.74, 6) is -0.0734. The molecule has 0 bridgehead atoms. The van der Waals surface area contributed by atoms with Gasteiger partial charge in [-0.1, -0.05) is 238 Å². The van der Waals surface area contributed by atoms with Gasteiger partial charge in [-0.25, -0.2) is 0 Å². The van der Waals surface area contributed by atoms with Crippen LogP contribution in [-0.4, -0.2) is 47.4 Å². The van der Waals surface area contributed by atoms with Crippen LogP contribution in [0.25, 0.3) is 0 Å². The zero-order valence-corrected chi connectivity index (χ0v) is 39.7. The SMILES string of the molecule is CCCCCCCCCCCCCCCCCCCCC(=O)OCCCCCCCC/C=C\CCCCCC(=O)NC(CO)C(O)CCCCCCCCCCCCC. The summed E-state index contributed by atoms with van der Waals surface area (Å²) < 4.78 is 5.47. The lowest BCUT2D eigenvalue weighted by atomic mass is 10.0. The second-order valence-corrected chi connectivity index (χ2v) is 18.2. The molecule has 0 radical (unpaired) electrons. The first-order valence-corrected chi connectivity index (χ1v) is 26.4. The third-order valence-corrected chi connectivity index (χ3v) is 12.3. The molecule has 2 atom stereocenters. The zero-order chi connectivity index (χ0) is 43.0. The fraction of sp³-hybridized carbons (Fsp3) is 0.925. The van der Waals surface area contributed by atoms with Crippen molar-refractivity contribution in [1.82, 2.24) is 5.32 Å². The fourth-order valence-electron chi connectivity index (χ4n) is 8.22. The molecule has 0 heterocycles. The third kappa shape index (κ3) is 45.9.